The van der Waals surface area contributed by atoms with Crippen LogP contribution in [-0.4, -0.2) is 12.6 Å². The smallest absolute Gasteiger partial charge is 0.305 e. The van der Waals surface area contributed by atoms with E-state index in [0.717, 1.165) is 38.5 Å². The fourth-order valence-electron chi connectivity index (χ4n) is 1.97. The second-order valence-corrected chi connectivity index (χ2v) is 5.17. The summed E-state index contributed by atoms with van der Waals surface area (Å²) in [5.41, 5.74) is 0. The lowest BCUT2D eigenvalue weighted by atomic mass is 10.1. The summed E-state index contributed by atoms with van der Waals surface area (Å²) in [6, 6.07) is 0. The zero-order valence-electron chi connectivity index (χ0n) is 14.1. The molecule has 0 spiro atoms. The van der Waals surface area contributed by atoms with E-state index in [2.05, 4.69) is 43.0 Å². The minimum absolute atomic E-state index is 0.0616. The van der Waals surface area contributed by atoms with Crippen LogP contribution in [0.4, 0.5) is 0 Å². The van der Waals surface area contributed by atoms with E-state index in [-0.39, 0.29) is 5.97 Å². The number of allylic oxidation sites excluding steroid dienone is 7. The summed E-state index contributed by atoms with van der Waals surface area (Å²) in [6.45, 7) is 6.01. The van der Waals surface area contributed by atoms with Gasteiger partial charge in [-0.25, -0.2) is 0 Å². The Labute approximate surface area is 136 Å². The number of hydrogen-bond acceptors (Lipinski definition) is 2. The van der Waals surface area contributed by atoms with E-state index in [9.17, 15) is 4.79 Å². The first-order valence-electron chi connectivity index (χ1n) is 8.52. The largest absolute Gasteiger partial charge is 0.466 e. The zero-order chi connectivity index (χ0) is 16.3. The summed E-state index contributed by atoms with van der Waals surface area (Å²) >= 11 is 0. The van der Waals surface area contributed by atoms with Crippen LogP contribution in [0.1, 0.15) is 64.7 Å². The van der Waals surface area contributed by atoms with Crippen molar-refractivity contribution in [3.63, 3.8) is 0 Å². The van der Waals surface area contributed by atoms with Crippen LogP contribution >= 0.6 is 0 Å². The summed E-state index contributed by atoms with van der Waals surface area (Å²) in [5, 5.41) is 0. The maximum absolute atomic E-state index is 11.1. The first kappa shape index (κ1) is 20.4. The summed E-state index contributed by atoms with van der Waals surface area (Å²) < 4.78 is 4.90. The molecule has 0 N–H and O–H groups in total. The second kappa shape index (κ2) is 17.5. The second-order valence-electron chi connectivity index (χ2n) is 5.17. The molecule has 0 aliphatic carbocycles. The SMILES string of the molecule is C=CC/C=C\C/C=C\C/C=C\CCCCCCC(=O)OCC. The Kier molecular flexibility index (Phi) is 16.2. The van der Waals surface area contributed by atoms with Crippen molar-refractivity contribution in [2.24, 2.45) is 0 Å². The van der Waals surface area contributed by atoms with Crippen LogP contribution in [0.15, 0.2) is 49.1 Å². The summed E-state index contributed by atoms with van der Waals surface area (Å²) in [5.74, 6) is -0.0616. The minimum Gasteiger partial charge on any atom is -0.466 e. The molecule has 0 aromatic carbocycles. The Bertz CT molecular complexity index is 351. The van der Waals surface area contributed by atoms with E-state index in [0.29, 0.717) is 13.0 Å². The number of carbonyl (C=O) groups is 1. The van der Waals surface area contributed by atoms with Crippen LogP contribution in [0.25, 0.3) is 0 Å². The molecule has 0 amide bonds. The Balaban J connectivity index is 3.32. The fourth-order valence-corrected chi connectivity index (χ4v) is 1.97. The lowest BCUT2D eigenvalue weighted by Crippen LogP contribution is -2.02. The van der Waals surface area contributed by atoms with Gasteiger partial charge < -0.3 is 4.74 Å². The molecule has 0 unspecified atom stereocenters. The number of ether oxygens (including phenoxy) is 1. The van der Waals surface area contributed by atoms with Gasteiger partial charge in [0.15, 0.2) is 0 Å². The van der Waals surface area contributed by atoms with Crippen LogP contribution < -0.4 is 0 Å². The van der Waals surface area contributed by atoms with Gasteiger partial charge in [-0.3, -0.25) is 4.79 Å². The lowest BCUT2D eigenvalue weighted by molar-refractivity contribution is -0.143. The quantitative estimate of drug-likeness (QED) is 0.226. The summed E-state index contributed by atoms with van der Waals surface area (Å²) in [6.07, 6.45) is 24.2. The van der Waals surface area contributed by atoms with Gasteiger partial charge in [-0.05, 0) is 45.4 Å². The molecular formula is C20H32O2. The molecule has 0 aromatic heterocycles. The van der Waals surface area contributed by atoms with Gasteiger partial charge in [-0.1, -0.05) is 55.4 Å². The summed E-state index contributed by atoms with van der Waals surface area (Å²) in [7, 11) is 0. The van der Waals surface area contributed by atoms with E-state index < -0.39 is 0 Å². The fraction of sp³-hybridized carbons (Fsp3) is 0.550. The zero-order valence-corrected chi connectivity index (χ0v) is 14.1. The molecule has 0 bridgehead atoms. The molecule has 124 valence electrons. The highest BCUT2D eigenvalue weighted by molar-refractivity contribution is 5.69. The van der Waals surface area contributed by atoms with Gasteiger partial charge in [-0.15, -0.1) is 6.58 Å². The van der Waals surface area contributed by atoms with E-state index in [4.69, 9.17) is 4.74 Å². The highest BCUT2D eigenvalue weighted by Gasteiger charge is 1.99. The minimum atomic E-state index is -0.0616. The normalized spacial score (nSPS) is 11.7. The maximum atomic E-state index is 11.1. The highest BCUT2D eigenvalue weighted by atomic mass is 16.5. The third kappa shape index (κ3) is 16.5. The van der Waals surface area contributed by atoms with Crippen LogP contribution in [0, 0.1) is 0 Å². The van der Waals surface area contributed by atoms with Crippen molar-refractivity contribution in [2.75, 3.05) is 6.61 Å². The first-order chi connectivity index (χ1) is 10.8. The lowest BCUT2D eigenvalue weighted by Gasteiger charge is -2.01. The molecule has 0 saturated heterocycles. The maximum Gasteiger partial charge on any atom is 0.305 e. The first-order valence-corrected chi connectivity index (χ1v) is 8.52. The van der Waals surface area contributed by atoms with Crippen LogP contribution in [0.3, 0.4) is 0 Å². The number of esters is 1. The predicted molar refractivity (Wildman–Crippen MR) is 95.8 cm³/mol. The van der Waals surface area contributed by atoms with Gasteiger partial charge >= 0.3 is 5.97 Å². The molecule has 0 aromatic rings. The molecule has 2 nitrogen and oxygen atoms in total. The average molecular weight is 304 g/mol. The highest BCUT2D eigenvalue weighted by Crippen LogP contribution is 2.07. The number of carbonyl (C=O) groups excluding carboxylic acids is 1. The van der Waals surface area contributed by atoms with Crippen molar-refractivity contribution in [3.05, 3.63) is 49.1 Å². The molecule has 0 rings (SSSR count). The molecule has 0 aliphatic rings. The standard InChI is InChI=1S/C20H32O2/c1-3-5-6-7-8-9-10-11-12-13-14-15-16-17-18-19-20(21)22-4-2/h3,6-7,9-10,12-13H,1,4-5,8,11,14-19H2,2H3/b7-6-,10-9-,13-12-. The van der Waals surface area contributed by atoms with Crippen LogP contribution in [-0.2, 0) is 9.53 Å². The molecule has 22 heavy (non-hydrogen) atoms. The van der Waals surface area contributed by atoms with Crippen molar-refractivity contribution < 1.29 is 9.53 Å². The van der Waals surface area contributed by atoms with Crippen molar-refractivity contribution in [1.29, 1.82) is 0 Å². The average Bonchev–Trinajstić information content (AvgIpc) is 2.51. The van der Waals surface area contributed by atoms with Gasteiger partial charge in [0.05, 0.1) is 6.61 Å². The Morgan fingerprint density at radius 2 is 1.45 bits per heavy atom. The van der Waals surface area contributed by atoms with E-state index in [1.807, 2.05) is 13.0 Å². The van der Waals surface area contributed by atoms with E-state index >= 15 is 0 Å². The van der Waals surface area contributed by atoms with Gasteiger partial charge in [0.2, 0.25) is 0 Å². The number of hydrogen-bond donors (Lipinski definition) is 0. The number of unbranched alkanes of at least 4 members (excludes halogenated alkanes) is 4. The van der Waals surface area contributed by atoms with Crippen molar-refractivity contribution in [2.45, 2.75) is 64.7 Å². The van der Waals surface area contributed by atoms with Gasteiger partial charge in [0.25, 0.3) is 0 Å². The van der Waals surface area contributed by atoms with Gasteiger partial charge in [-0.2, -0.15) is 0 Å². The summed E-state index contributed by atoms with van der Waals surface area (Å²) in [4.78, 5) is 11.1. The molecule has 2 heteroatoms. The Morgan fingerprint density at radius 1 is 0.864 bits per heavy atom. The molecule has 0 heterocycles. The molecular weight excluding hydrogens is 272 g/mol. The van der Waals surface area contributed by atoms with Crippen molar-refractivity contribution >= 4 is 5.97 Å². The van der Waals surface area contributed by atoms with Crippen LogP contribution in [0.2, 0.25) is 0 Å². The molecule has 0 atom stereocenters. The third-order valence-electron chi connectivity index (χ3n) is 3.15. The Hall–Kier alpha value is -1.57. The molecule has 0 saturated carbocycles. The van der Waals surface area contributed by atoms with Crippen molar-refractivity contribution in [1.82, 2.24) is 0 Å². The topological polar surface area (TPSA) is 26.3 Å². The third-order valence-corrected chi connectivity index (χ3v) is 3.15. The number of rotatable bonds is 14. The molecule has 0 fully saturated rings. The van der Waals surface area contributed by atoms with E-state index in [1.54, 1.807) is 0 Å². The van der Waals surface area contributed by atoms with Gasteiger partial charge in [0, 0.05) is 6.42 Å². The molecule has 0 radical (unpaired) electrons. The van der Waals surface area contributed by atoms with Gasteiger partial charge in [0.1, 0.15) is 0 Å². The van der Waals surface area contributed by atoms with Crippen LogP contribution in [0.5, 0.6) is 0 Å². The van der Waals surface area contributed by atoms with E-state index in [1.165, 1.54) is 12.8 Å². The molecule has 0 aliphatic heterocycles. The van der Waals surface area contributed by atoms with Crippen molar-refractivity contribution in [3.8, 4) is 0 Å². The monoisotopic (exact) mass is 304 g/mol. The predicted octanol–water partition coefficient (Wildman–Crippen LogP) is 5.92. The Morgan fingerprint density at radius 3 is 2.09 bits per heavy atom.